The van der Waals surface area contributed by atoms with E-state index < -0.39 is 5.97 Å². The lowest BCUT2D eigenvalue weighted by Gasteiger charge is -2.11. The number of ether oxygens (including phenoxy) is 1. The fourth-order valence-electron chi connectivity index (χ4n) is 1.59. The first kappa shape index (κ1) is 16.0. The predicted molar refractivity (Wildman–Crippen MR) is 92.2 cm³/mol. The highest BCUT2D eigenvalue weighted by molar-refractivity contribution is 14.1. The molecular formula is C14H14IN3O2S. The van der Waals surface area contributed by atoms with Crippen LogP contribution in [-0.2, 0) is 4.74 Å². The molecule has 0 atom stereocenters. The van der Waals surface area contributed by atoms with Crippen molar-refractivity contribution in [2.45, 2.75) is 12.1 Å². The first-order chi connectivity index (χ1) is 10.1. The standard InChI is InChI=1S/C14H14IN3O2S/c1-3-20-13(19)11-8-16-14(21-2)18-12(11)17-10-6-4-9(15)5-7-10/h4-8H,3H2,1-2H3,(H,16,17,18). The molecule has 21 heavy (non-hydrogen) atoms. The lowest BCUT2D eigenvalue weighted by molar-refractivity contribution is 0.0526. The molecule has 0 saturated heterocycles. The van der Waals surface area contributed by atoms with Crippen LogP contribution in [-0.4, -0.2) is 28.8 Å². The van der Waals surface area contributed by atoms with E-state index >= 15 is 0 Å². The van der Waals surface area contributed by atoms with Crippen LogP contribution in [0.2, 0.25) is 0 Å². The summed E-state index contributed by atoms with van der Waals surface area (Å²) in [5, 5.41) is 3.74. The second kappa shape index (κ2) is 7.60. The molecule has 2 rings (SSSR count). The molecule has 0 bridgehead atoms. The molecule has 0 spiro atoms. The number of thioether (sulfide) groups is 1. The number of carbonyl (C=O) groups is 1. The first-order valence-electron chi connectivity index (χ1n) is 6.24. The van der Waals surface area contributed by atoms with Crippen molar-refractivity contribution in [1.29, 1.82) is 0 Å². The maximum atomic E-state index is 12.0. The van der Waals surface area contributed by atoms with E-state index in [0.717, 1.165) is 9.26 Å². The highest BCUT2D eigenvalue weighted by atomic mass is 127. The van der Waals surface area contributed by atoms with Gasteiger partial charge in [-0.1, -0.05) is 11.8 Å². The number of anilines is 2. The van der Waals surface area contributed by atoms with Gasteiger partial charge in [-0.05, 0) is 60.0 Å². The molecule has 0 aliphatic heterocycles. The summed E-state index contributed by atoms with van der Waals surface area (Å²) in [6.45, 7) is 2.08. The van der Waals surface area contributed by atoms with Crippen LogP contribution < -0.4 is 5.32 Å². The largest absolute Gasteiger partial charge is 0.462 e. The van der Waals surface area contributed by atoms with Crippen LogP contribution in [0, 0.1) is 3.57 Å². The van der Waals surface area contributed by atoms with Crippen molar-refractivity contribution in [3.05, 3.63) is 39.6 Å². The van der Waals surface area contributed by atoms with E-state index in [2.05, 4.69) is 37.9 Å². The fourth-order valence-corrected chi connectivity index (χ4v) is 2.29. The Morgan fingerprint density at radius 1 is 1.38 bits per heavy atom. The molecule has 0 fully saturated rings. The average Bonchev–Trinajstić information content (AvgIpc) is 2.49. The van der Waals surface area contributed by atoms with E-state index in [1.54, 1.807) is 6.92 Å². The predicted octanol–water partition coefficient (Wildman–Crippen LogP) is 3.72. The van der Waals surface area contributed by atoms with E-state index in [1.807, 2.05) is 30.5 Å². The highest BCUT2D eigenvalue weighted by Crippen LogP contribution is 2.22. The second-order valence-corrected chi connectivity index (χ2v) is 5.99. The van der Waals surface area contributed by atoms with E-state index in [0.29, 0.717) is 23.1 Å². The van der Waals surface area contributed by atoms with Gasteiger partial charge in [0.25, 0.3) is 0 Å². The molecule has 0 saturated carbocycles. The minimum absolute atomic E-state index is 0.312. The van der Waals surface area contributed by atoms with Gasteiger partial charge in [-0.15, -0.1) is 0 Å². The average molecular weight is 415 g/mol. The Labute approximate surface area is 141 Å². The van der Waals surface area contributed by atoms with Crippen LogP contribution in [0.15, 0.2) is 35.6 Å². The van der Waals surface area contributed by atoms with Crippen molar-refractivity contribution in [3.8, 4) is 0 Å². The van der Waals surface area contributed by atoms with E-state index in [1.165, 1.54) is 18.0 Å². The van der Waals surface area contributed by atoms with Gasteiger partial charge in [0.05, 0.1) is 6.61 Å². The minimum atomic E-state index is -0.432. The molecule has 0 radical (unpaired) electrons. The molecule has 5 nitrogen and oxygen atoms in total. The maximum absolute atomic E-state index is 12.0. The third kappa shape index (κ3) is 4.31. The number of nitrogens with one attached hydrogen (secondary N) is 1. The minimum Gasteiger partial charge on any atom is -0.462 e. The summed E-state index contributed by atoms with van der Waals surface area (Å²) >= 11 is 3.65. The summed E-state index contributed by atoms with van der Waals surface area (Å²) in [5.74, 6) is 0.0205. The van der Waals surface area contributed by atoms with Gasteiger partial charge >= 0.3 is 5.97 Å². The molecule has 0 aliphatic carbocycles. The van der Waals surface area contributed by atoms with E-state index in [-0.39, 0.29) is 0 Å². The van der Waals surface area contributed by atoms with Crippen molar-refractivity contribution in [3.63, 3.8) is 0 Å². The fraction of sp³-hybridized carbons (Fsp3) is 0.214. The van der Waals surface area contributed by atoms with Gasteiger partial charge in [0.15, 0.2) is 5.16 Å². The maximum Gasteiger partial charge on any atom is 0.343 e. The zero-order valence-corrected chi connectivity index (χ0v) is 14.6. The van der Waals surface area contributed by atoms with Crippen LogP contribution in [0.4, 0.5) is 11.5 Å². The normalized spacial score (nSPS) is 10.2. The van der Waals surface area contributed by atoms with Crippen molar-refractivity contribution in [2.24, 2.45) is 0 Å². The highest BCUT2D eigenvalue weighted by Gasteiger charge is 2.16. The van der Waals surface area contributed by atoms with Crippen LogP contribution in [0.5, 0.6) is 0 Å². The summed E-state index contributed by atoms with van der Waals surface area (Å²) in [7, 11) is 0. The van der Waals surface area contributed by atoms with Gasteiger partial charge in [0.2, 0.25) is 0 Å². The Bertz CT molecular complexity index is 635. The Morgan fingerprint density at radius 3 is 2.71 bits per heavy atom. The topological polar surface area (TPSA) is 64.1 Å². The van der Waals surface area contributed by atoms with Crippen molar-refractivity contribution in [1.82, 2.24) is 9.97 Å². The molecule has 1 N–H and O–H groups in total. The molecule has 1 aromatic heterocycles. The summed E-state index contributed by atoms with van der Waals surface area (Å²) in [6.07, 6.45) is 3.37. The van der Waals surface area contributed by atoms with Gasteiger partial charge < -0.3 is 10.1 Å². The summed E-state index contributed by atoms with van der Waals surface area (Å²) in [4.78, 5) is 20.4. The van der Waals surface area contributed by atoms with Gasteiger partial charge in [-0.3, -0.25) is 0 Å². The third-order valence-corrected chi connectivity index (χ3v) is 3.83. The van der Waals surface area contributed by atoms with Gasteiger partial charge in [-0.2, -0.15) is 0 Å². The summed E-state index contributed by atoms with van der Waals surface area (Å²) in [5.41, 5.74) is 1.18. The summed E-state index contributed by atoms with van der Waals surface area (Å²) < 4.78 is 6.17. The molecule has 7 heteroatoms. The quantitative estimate of drug-likeness (QED) is 0.348. The first-order valence-corrected chi connectivity index (χ1v) is 8.55. The molecule has 0 unspecified atom stereocenters. The van der Waals surface area contributed by atoms with Gasteiger partial charge in [0, 0.05) is 15.5 Å². The molecule has 0 aliphatic rings. The molecular weight excluding hydrogens is 401 g/mol. The summed E-state index contributed by atoms with van der Waals surface area (Å²) in [6, 6.07) is 7.81. The van der Waals surface area contributed by atoms with Crippen molar-refractivity contribution in [2.75, 3.05) is 18.2 Å². The Hall–Kier alpha value is -1.35. The lowest BCUT2D eigenvalue weighted by atomic mass is 10.2. The number of hydrogen-bond donors (Lipinski definition) is 1. The number of carbonyl (C=O) groups excluding carboxylic acids is 1. The molecule has 0 amide bonds. The Morgan fingerprint density at radius 2 is 2.10 bits per heavy atom. The number of hydrogen-bond acceptors (Lipinski definition) is 6. The smallest absolute Gasteiger partial charge is 0.343 e. The second-order valence-electron chi connectivity index (χ2n) is 3.97. The van der Waals surface area contributed by atoms with Crippen LogP contribution >= 0.6 is 34.4 Å². The Kier molecular flexibility index (Phi) is 5.80. The van der Waals surface area contributed by atoms with Crippen LogP contribution in [0.3, 0.4) is 0 Å². The number of rotatable bonds is 5. The molecule has 1 aromatic carbocycles. The monoisotopic (exact) mass is 415 g/mol. The van der Waals surface area contributed by atoms with Gasteiger partial charge in [-0.25, -0.2) is 14.8 Å². The number of esters is 1. The molecule has 110 valence electrons. The lowest BCUT2D eigenvalue weighted by Crippen LogP contribution is -2.10. The SMILES string of the molecule is CCOC(=O)c1cnc(SC)nc1Nc1ccc(I)cc1. The number of aromatic nitrogens is 2. The van der Waals surface area contributed by atoms with Crippen LogP contribution in [0.1, 0.15) is 17.3 Å². The van der Waals surface area contributed by atoms with Gasteiger partial charge in [0.1, 0.15) is 11.4 Å². The van der Waals surface area contributed by atoms with Crippen LogP contribution in [0.25, 0.3) is 0 Å². The van der Waals surface area contributed by atoms with E-state index in [4.69, 9.17) is 4.74 Å². The number of nitrogens with zero attached hydrogens (tertiary/aromatic N) is 2. The number of halogens is 1. The zero-order valence-electron chi connectivity index (χ0n) is 11.6. The molecule has 1 heterocycles. The van der Waals surface area contributed by atoms with Crippen molar-refractivity contribution >= 4 is 51.8 Å². The van der Waals surface area contributed by atoms with Crippen molar-refractivity contribution < 1.29 is 9.53 Å². The molecule has 2 aromatic rings. The third-order valence-electron chi connectivity index (χ3n) is 2.55. The number of benzene rings is 1. The van der Waals surface area contributed by atoms with E-state index in [9.17, 15) is 4.79 Å². The zero-order chi connectivity index (χ0) is 15.2. The Balaban J connectivity index is 2.34.